The molecule has 19 heavy (non-hydrogen) atoms. The number of phenols is 1. The molecular weight excluding hydrogens is 372 g/mol. The minimum absolute atomic E-state index is 0.226. The zero-order chi connectivity index (χ0) is 14.0. The Bertz CT molecular complexity index is 481. The zero-order valence-corrected chi connectivity index (χ0v) is 14.3. The topological polar surface area (TPSA) is 35.8 Å². The van der Waals surface area contributed by atoms with E-state index >= 15 is 0 Å². The summed E-state index contributed by atoms with van der Waals surface area (Å²) < 4.78 is 1.58. The van der Waals surface area contributed by atoms with Gasteiger partial charge >= 0.3 is 0 Å². The first-order chi connectivity index (χ1) is 8.99. The second-order valence-corrected chi connectivity index (χ2v) is 6.85. The highest BCUT2D eigenvalue weighted by Crippen LogP contribution is 2.31. The van der Waals surface area contributed by atoms with Gasteiger partial charge in [-0.15, -0.1) is 0 Å². The van der Waals surface area contributed by atoms with Gasteiger partial charge in [0.2, 0.25) is 0 Å². The minimum Gasteiger partial charge on any atom is -0.506 e. The van der Waals surface area contributed by atoms with Gasteiger partial charge in [-0.3, -0.25) is 5.01 Å². The molecule has 0 spiro atoms. The maximum atomic E-state index is 10.0. The summed E-state index contributed by atoms with van der Waals surface area (Å²) >= 11 is 6.75. The summed E-state index contributed by atoms with van der Waals surface area (Å²) in [5, 5.41) is 16.7. The first kappa shape index (κ1) is 14.9. The van der Waals surface area contributed by atoms with Crippen LogP contribution in [0.25, 0.3) is 0 Å². The van der Waals surface area contributed by atoms with Crippen molar-refractivity contribution in [2.45, 2.75) is 45.2 Å². The van der Waals surface area contributed by atoms with Crippen molar-refractivity contribution < 1.29 is 5.11 Å². The van der Waals surface area contributed by atoms with Crippen molar-refractivity contribution in [2.24, 2.45) is 5.10 Å². The highest BCUT2D eigenvalue weighted by atomic mass is 79.9. The van der Waals surface area contributed by atoms with E-state index in [1.165, 1.54) is 19.3 Å². The van der Waals surface area contributed by atoms with E-state index in [0.29, 0.717) is 22.1 Å². The number of piperidine rings is 1. The lowest BCUT2D eigenvalue weighted by molar-refractivity contribution is 0.109. The molecule has 2 atom stereocenters. The standard InChI is InChI=1S/C14H18Br2N2O/c1-9-4-3-5-10(2)18(9)17-8-11-6-12(15)7-13(16)14(11)19/h6-10,19H,3-5H2,1-2H3/b17-8+. The number of rotatable bonds is 2. The second kappa shape index (κ2) is 6.27. The second-order valence-electron chi connectivity index (χ2n) is 5.08. The van der Waals surface area contributed by atoms with Gasteiger partial charge < -0.3 is 5.11 Å². The Morgan fingerprint density at radius 2 is 1.89 bits per heavy atom. The number of phenolic OH excluding ortho intramolecular Hbond substituents is 1. The Hall–Kier alpha value is -0.550. The van der Waals surface area contributed by atoms with Crippen molar-refractivity contribution in [3.05, 3.63) is 26.6 Å². The number of hydrazone groups is 1. The van der Waals surface area contributed by atoms with E-state index in [0.717, 1.165) is 4.47 Å². The van der Waals surface area contributed by atoms with Crippen LogP contribution in [0, 0.1) is 0 Å². The van der Waals surface area contributed by atoms with Crippen molar-refractivity contribution in [3.8, 4) is 5.75 Å². The molecule has 1 heterocycles. The molecule has 1 aromatic carbocycles. The van der Waals surface area contributed by atoms with Gasteiger partial charge in [-0.2, -0.15) is 5.10 Å². The SMILES string of the molecule is CC1CCCC(C)N1/N=C/c1cc(Br)cc(Br)c1O. The fraction of sp³-hybridized carbons (Fsp3) is 0.500. The summed E-state index contributed by atoms with van der Waals surface area (Å²) in [6, 6.07) is 4.59. The minimum atomic E-state index is 0.226. The van der Waals surface area contributed by atoms with Crippen molar-refractivity contribution >= 4 is 38.1 Å². The number of halogens is 2. The smallest absolute Gasteiger partial charge is 0.138 e. The lowest BCUT2D eigenvalue weighted by Crippen LogP contribution is -2.39. The molecule has 3 nitrogen and oxygen atoms in total. The molecule has 0 aliphatic carbocycles. The van der Waals surface area contributed by atoms with Crippen LogP contribution in [0.4, 0.5) is 0 Å². The van der Waals surface area contributed by atoms with Gasteiger partial charge in [-0.05, 0) is 61.2 Å². The highest BCUT2D eigenvalue weighted by Gasteiger charge is 2.22. The fourth-order valence-electron chi connectivity index (χ4n) is 2.45. The molecule has 1 N–H and O–H groups in total. The van der Waals surface area contributed by atoms with Crippen LogP contribution in [0.2, 0.25) is 0 Å². The van der Waals surface area contributed by atoms with Crippen LogP contribution < -0.4 is 0 Å². The van der Waals surface area contributed by atoms with Crippen LogP contribution in [0.15, 0.2) is 26.2 Å². The van der Waals surface area contributed by atoms with Gasteiger partial charge in [0.05, 0.1) is 10.7 Å². The maximum Gasteiger partial charge on any atom is 0.138 e. The van der Waals surface area contributed by atoms with Crippen LogP contribution in [-0.2, 0) is 0 Å². The van der Waals surface area contributed by atoms with Crippen LogP contribution in [0.1, 0.15) is 38.7 Å². The third kappa shape index (κ3) is 3.51. The van der Waals surface area contributed by atoms with Gasteiger partial charge in [0.25, 0.3) is 0 Å². The molecule has 1 aromatic rings. The lowest BCUT2D eigenvalue weighted by Gasteiger charge is -2.36. The Kier molecular flexibility index (Phi) is 4.90. The molecule has 1 saturated heterocycles. The van der Waals surface area contributed by atoms with Gasteiger partial charge in [-0.1, -0.05) is 15.9 Å². The van der Waals surface area contributed by atoms with Crippen molar-refractivity contribution in [3.63, 3.8) is 0 Å². The molecule has 0 aromatic heterocycles. The van der Waals surface area contributed by atoms with Crippen LogP contribution in [0.3, 0.4) is 0 Å². The van der Waals surface area contributed by atoms with Crippen LogP contribution in [0.5, 0.6) is 5.75 Å². The molecule has 0 bridgehead atoms. The predicted molar refractivity (Wildman–Crippen MR) is 85.7 cm³/mol. The summed E-state index contributed by atoms with van der Waals surface area (Å²) in [7, 11) is 0. The van der Waals surface area contributed by atoms with Crippen molar-refractivity contribution in [1.29, 1.82) is 0 Å². The zero-order valence-electron chi connectivity index (χ0n) is 11.1. The number of aromatic hydroxyl groups is 1. The Balaban J connectivity index is 2.22. The molecular formula is C14H18Br2N2O. The first-order valence-corrected chi connectivity index (χ1v) is 8.08. The predicted octanol–water partition coefficient (Wildman–Crippen LogP) is 4.51. The molecule has 0 saturated carbocycles. The molecule has 1 fully saturated rings. The first-order valence-electron chi connectivity index (χ1n) is 6.49. The molecule has 1 aliphatic heterocycles. The number of hydrogen-bond donors (Lipinski definition) is 1. The lowest BCUT2D eigenvalue weighted by atomic mass is 10.00. The van der Waals surface area contributed by atoms with Gasteiger partial charge in [0.15, 0.2) is 0 Å². The summed E-state index contributed by atoms with van der Waals surface area (Å²) in [5.74, 6) is 0.226. The quantitative estimate of drug-likeness (QED) is 0.755. The van der Waals surface area contributed by atoms with Crippen LogP contribution >= 0.6 is 31.9 Å². The van der Waals surface area contributed by atoms with E-state index < -0.39 is 0 Å². The average Bonchev–Trinajstić information content (AvgIpc) is 2.34. The van der Waals surface area contributed by atoms with E-state index in [1.54, 1.807) is 6.21 Å². The monoisotopic (exact) mass is 388 g/mol. The molecule has 0 radical (unpaired) electrons. The third-order valence-corrected chi connectivity index (χ3v) is 4.60. The Morgan fingerprint density at radius 3 is 2.53 bits per heavy atom. The van der Waals surface area contributed by atoms with E-state index in [-0.39, 0.29) is 5.75 Å². The number of nitrogens with zero attached hydrogens (tertiary/aromatic N) is 2. The van der Waals surface area contributed by atoms with Crippen LogP contribution in [-0.4, -0.2) is 28.4 Å². The summed E-state index contributed by atoms with van der Waals surface area (Å²) in [6.07, 6.45) is 5.36. The van der Waals surface area contributed by atoms with E-state index in [2.05, 4.69) is 55.8 Å². The number of benzene rings is 1. The Morgan fingerprint density at radius 1 is 1.26 bits per heavy atom. The normalized spacial score (nSPS) is 24.1. The molecule has 2 rings (SSSR count). The van der Waals surface area contributed by atoms with E-state index in [9.17, 15) is 5.11 Å². The van der Waals surface area contributed by atoms with E-state index in [1.807, 2.05) is 12.1 Å². The van der Waals surface area contributed by atoms with Crippen molar-refractivity contribution in [2.75, 3.05) is 0 Å². The number of hydrogen-bond acceptors (Lipinski definition) is 3. The largest absolute Gasteiger partial charge is 0.506 e. The average molecular weight is 390 g/mol. The molecule has 5 heteroatoms. The maximum absolute atomic E-state index is 10.0. The van der Waals surface area contributed by atoms with Crippen molar-refractivity contribution in [1.82, 2.24) is 5.01 Å². The summed E-state index contributed by atoms with van der Waals surface area (Å²) in [4.78, 5) is 0. The summed E-state index contributed by atoms with van der Waals surface area (Å²) in [5.41, 5.74) is 0.714. The Labute approximate surface area is 130 Å². The summed E-state index contributed by atoms with van der Waals surface area (Å²) in [6.45, 7) is 4.40. The fourth-order valence-corrected chi connectivity index (χ4v) is 3.71. The molecule has 1 aliphatic rings. The molecule has 0 amide bonds. The molecule has 104 valence electrons. The molecule has 2 unspecified atom stereocenters. The highest BCUT2D eigenvalue weighted by molar-refractivity contribution is 9.11. The third-order valence-electron chi connectivity index (χ3n) is 3.53. The van der Waals surface area contributed by atoms with Gasteiger partial charge in [0, 0.05) is 22.1 Å². The van der Waals surface area contributed by atoms with E-state index in [4.69, 9.17) is 0 Å². The van der Waals surface area contributed by atoms with Gasteiger partial charge in [-0.25, -0.2) is 0 Å². The van der Waals surface area contributed by atoms with Gasteiger partial charge in [0.1, 0.15) is 5.75 Å².